The van der Waals surface area contributed by atoms with E-state index in [1.165, 1.54) is 0 Å². The van der Waals surface area contributed by atoms with Crippen LogP contribution in [0.4, 0.5) is 4.39 Å². The van der Waals surface area contributed by atoms with Crippen molar-refractivity contribution in [1.82, 2.24) is 10.6 Å². The van der Waals surface area contributed by atoms with Crippen LogP contribution in [0.5, 0.6) is 0 Å². The third-order valence-corrected chi connectivity index (χ3v) is 5.45. The maximum Gasteiger partial charge on any atom is 0.191 e. The van der Waals surface area contributed by atoms with Gasteiger partial charge in [0.1, 0.15) is 5.82 Å². The summed E-state index contributed by atoms with van der Waals surface area (Å²) in [5, 5.41) is 6.46. The average Bonchev–Trinajstić information content (AvgIpc) is 2.65. The highest BCUT2D eigenvalue weighted by Crippen LogP contribution is 2.16. The highest BCUT2D eigenvalue weighted by molar-refractivity contribution is 14.0. The quantitative estimate of drug-likeness (QED) is 0.312. The van der Waals surface area contributed by atoms with Crippen LogP contribution < -0.4 is 10.6 Å². The summed E-state index contributed by atoms with van der Waals surface area (Å²) < 4.78 is 26.0. The van der Waals surface area contributed by atoms with Gasteiger partial charge in [-0.3, -0.25) is 9.20 Å². The molecule has 0 heterocycles. The maximum absolute atomic E-state index is 13.8. The lowest BCUT2D eigenvalue weighted by Crippen LogP contribution is -2.39. The first-order valence-electron chi connectivity index (χ1n) is 9.19. The molecule has 4 nitrogen and oxygen atoms in total. The fraction of sp³-hybridized carbons (Fsp3) is 0.381. The summed E-state index contributed by atoms with van der Waals surface area (Å²) in [4.78, 5) is 4.51. The van der Waals surface area contributed by atoms with Gasteiger partial charge in [-0.1, -0.05) is 42.5 Å². The first-order chi connectivity index (χ1) is 13.0. The van der Waals surface area contributed by atoms with E-state index in [1.54, 1.807) is 19.1 Å². The van der Waals surface area contributed by atoms with Gasteiger partial charge in [0.05, 0.1) is 12.6 Å². The number of benzene rings is 2. The van der Waals surface area contributed by atoms with Crippen molar-refractivity contribution in [3.63, 3.8) is 0 Å². The summed E-state index contributed by atoms with van der Waals surface area (Å²) in [6.07, 6.45) is 0. The van der Waals surface area contributed by atoms with E-state index in [1.807, 2.05) is 50.2 Å². The lowest BCUT2D eigenvalue weighted by atomic mass is 10.1. The third kappa shape index (κ3) is 8.26. The Bertz CT molecular complexity index is 786. The van der Waals surface area contributed by atoms with Gasteiger partial charge in [-0.05, 0) is 43.5 Å². The van der Waals surface area contributed by atoms with Crippen LogP contribution in [0.25, 0.3) is 0 Å². The molecular weight excluding hydrogens is 488 g/mol. The number of nitrogens with one attached hydrogen (secondary N) is 2. The molecule has 0 saturated heterocycles. The van der Waals surface area contributed by atoms with Crippen molar-refractivity contribution in [2.24, 2.45) is 4.99 Å². The molecule has 0 aromatic heterocycles. The average molecular weight is 517 g/mol. The molecule has 0 aliphatic rings. The molecule has 0 aliphatic carbocycles. The van der Waals surface area contributed by atoms with E-state index in [2.05, 4.69) is 15.6 Å². The van der Waals surface area contributed by atoms with Gasteiger partial charge in [0.2, 0.25) is 0 Å². The molecule has 2 atom stereocenters. The van der Waals surface area contributed by atoms with Crippen molar-refractivity contribution in [3.8, 4) is 0 Å². The van der Waals surface area contributed by atoms with Crippen LogP contribution in [0.1, 0.15) is 36.6 Å². The molecule has 2 N–H and O–H groups in total. The van der Waals surface area contributed by atoms with E-state index in [4.69, 9.17) is 0 Å². The van der Waals surface area contributed by atoms with Crippen LogP contribution in [0.3, 0.4) is 0 Å². The molecule has 0 aliphatic heterocycles. The zero-order valence-corrected chi connectivity index (χ0v) is 19.7. The minimum absolute atomic E-state index is 0. The molecule has 2 unspecified atom stereocenters. The van der Waals surface area contributed by atoms with Crippen molar-refractivity contribution in [3.05, 3.63) is 71.0 Å². The monoisotopic (exact) mass is 517 g/mol. The summed E-state index contributed by atoms with van der Waals surface area (Å²) >= 11 is 0. The van der Waals surface area contributed by atoms with Gasteiger partial charge in [-0.2, -0.15) is 0 Å². The predicted octanol–water partition coefficient (Wildman–Crippen LogP) is 4.32. The zero-order chi connectivity index (χ0) is 19.6. The van der Waals surface area contributed by atoms with Gasteiger partial charge in [-0.25, -0.2) is 4.39 Å². The fourth-order valence-electron chi connectivity index (χ4n) is 2.58. The molecule has 0 bridgehead atoms. The number of hydrogen-bond acceptors (Lipinski definition) is 2. The normalized spacial score (nSPS) is 13.4. The van der Waals surface area contributed by atoms with Crippen LogP contribution >= 0.6 is 24.0 Å². The van der Waals surface area contributed by atoms with Crippen LogP contribution in [-0.2, 0) is 16.6 Å². The van der Waals surface area contributed by atoms with Crippen LogP contribution in [0, 0.1) is 12.7 Å². The number of aliphatic imine (C=N–C) groups is 1. The topological polar surface area (TPSA) is 53.5 Å². The van der Waals surface area contributed by atoms with E-state index in [-0.39, 0.29) is 35.8 Å². The van der Waals surface area contributed by atoms with E-state index >= 15 is 0 Å². The van der Waals surface area contributed by atoms with Crippen molar-refractivity contribution in [1.29, 1.82) is 0 Å². The van der Waals surface area contributed by atoms with Gasteiger partial charge >= 0.3 is 0 Å². The number of rotatable bonds is 8. The highest BCUT2D eigenvalue weighted by Gasteiger charge is 2.10. The molecule has 2 aromatic rings. The molecule has 0 fully saturated rings. The smallest absolute Gasteiger partial charge is 0.191 e. The summed E-state index contributed by atoms with van der Waals surface area (Å²) in [5.41, 5.74) is 2.56. The second-order valence-electron chi connectivity index (χ2n) is 6.41. The maximum atomic E-state index is 13.8. The van der Waals surface area contributed by atoms with E-state index in [0.29, 0.717) is 36.1 Å². The number of hydrogen-bond donors (Lipinski definition) is 2. The number of halogens is 2. The predicted molar refractivity (Wildman–Crippen MR) is 127 cm³/mol. The molecular formula is C21H29FIN3OS. The summed E-state index contributed by atoms with van der Waals surface area (Å²) in [6.45, 7) is 6.88. The second-order valence-corrected chi connectivity index (χ2v) is 7.99. The van der Waals surface area contributed by atoms with Crippen LogP contribution in [0.2, 0.25) is 0 Å². The number of guanidine groups is 1. The Morgan fingerprint density at radius 3 is 2.57 bits per heavy atom. The van der Waals surface area contributed by atoms with Gasteiger partial charge in [0, 0.05) is 28.9 Å². The van der Waals surface area contributed by atoms with Gasteiger partial charge in [0.25, 0.3) is 0 Å². The molecule has 0 saturated carbocycles. The van der Waals surface area contributed by atoms with E-state index in [9.17, 15) is 8.60 Å². The Hall–Kier alpha value is -1.48. The van der Waals surface area contributed by atoms with Crippen molar-refractivity contribution < 1.29 is 8.60 Å². The Labute approximate surface area is 186 Å². The molecule has 28 heavy (non-hydrogen) atoms. The van der Waals surface area contributed by atoms with Gasteiger partial charge < -0.3 is 10.6 Å². The zero-order valence-electron chi connectivity index (χ0n) is 16.6. The first-order valence-corrected chi connectivity index (χ1v) is 10.7. The Morgan fingerprint density at radius 2 is 1.93 bits per heavy atom. The lowest BCUT2D eigenvalue weighted by molar-refractivity contribution is 0.607. The third-order valence-electron chi connectivity index (χ3n) is 4.15. The standard InChI is InChI=1S/C21H28FN3OS.HI/c1-4-23-21(25-17(3)19-11-10-16(2)20(22)14-19)24-12-13-27(26)15-18-8-6-5-7-9-18;/h5-11,14,17H,4,12-13,15H2,1-3H3,(H2,23,24,25);1H. The largest absolute Gasteiger partial charge is 0.357 e. The van der Waals surface area contributed by atoms with Crippen molar-refractivity contribution >= 4 is 40.7 Å². The molecule has 7 heteroatoms. The molecule has 154 valence electrons. The van der Waals surface area contributed by atoms with E-state index in [0.717, 1.165) is 11.1 Å². The molecule has 2 rings (SSSR count). The fourth-order valence-corrected chi connectivity index (χ4v) is 3.58. The number of aryl methyl sites for hydroxylation is 1. The van der Waals surface area contributed by atoms with Crippen LogP contribution in [0.15, 0.2) is 53.5 Å². The minimum Gasteiger partial charge on any atom is -0.357 e. The molecule has 0 spiro atoms. The van der Waals surface area contributed by atoms with Crippen molar-refractivity contribution in [2.75, 3.05) is 18.8 Å². The second kappa shape index (κ2) is 12.9. The molecule has 2 aromatic carbocycles. The lowest BCUT2D eigenvalue weighted by Gasteiger charge is -2.18. The van der Waals surface area contributed by atoms with Gasteiger partial charge in [-0.15, -0.1) is 24.0 Å². The van der Waals surface area contributed by atoms with Crippen LogP contribution in [-0.4, -0.2) is 29.0 Å². The highest BCUT2D eigenvalue weighted by atomic mass is 127. The minimum atomic E-state index is -0.958. The van der Waals surface area contributed by atoms with E-state index < -0.39 is 10.8 Å². The summed E-state index contributed by atoms with van der Waals surface area (Å²) in [5.74, 6) is 1.47. The summed E-state index contributed by atoms with van der Waals surface area (Å²) in [7, 11) is -0.958. The number of nitrogens with zero attached hydrogens (tertiary/aromatic N) is 1. The Morgan fingerprint density at radius 1 is 1.21 bits per heavy atom. The van der Waals surface area contributed by atoms with Gasteiger partial charge in [0.15, 0.2) is 5.96 Å². The van der Waals surface area contributed by atoms with Crippen molar-refractivity contribution in [2.45, 2.75) is 32.6 Å². The molecule has 0 amide bonds. The Balaban J connectivity index is 0.00000392. The summed E-state index contributed by atoms with van der Waals surface area (Å²) in [6, 6.07) is 15.0. The Kier molecular flexibility index (Phi) is 11.3. The molecule has 0 radical (unpaired) electrons. The first kappa shape index (κ1) is 24.6. The SMILES string of the molecule is CCNC(=NCCS(=O)Cc1ccccc1)NC(C)c1ccc(C)c(F)c1.I.